The number of carbonyl (C=O) groups is 1. The Morgan fingerprint density at radius 1 is 1.00 bits per heavy atom. The number of nitrogens with zero attached hydrogens (tertiary/aromatic N) is 2. The molecule has 4 rings (SSSR count). The van der Waals surface area contributed by atoms with Crippen LogP contribution in [0.5, 0.6) is 17.4 Å². The zero-order chi connectivity index (χ0) is 22.2. The molecule has 164 valence electrons. The van der Waals surface area contributed by atoms with Gasteiger partial charge in [-0.25, -0.2) is 0 Å². The van der Waals surface area contributed by atoms with Crippen LogP contribution in [0.15, 0.2) is 72.3 Å². The maximum Gasteiger partial charge on any atom is 0.251 e. The summed E-state index contributed by atoms with van der Waals surface area (Å²) in [5, 5.41) is 11.5. The molecule has 1 amide bonds. The van der Waals surface area contributed by atoms with Gasteiger partial charge in [0.25, 0.3) is 5.91 Å². The summed E-state index contributed by atoms with van der Waals surface area (Å²) in [7, 11) is 1.61. The minimum absolute atomic E-state index is 0.0748. The number of amides is 1. The molecule has 0 unspecified atom stereocenters. The minimum Gasteiger partial charge on any atom is -0.497 e. The predicted octanol–water partition coefficient (Wildman–Crippen LogP) is 5.56. The van der Waals surface area contributed by atoms with E-state index >= 15 is 0 Å². The van der Waals surface area contributed by atoms with Crippen LogP contribution in [-0.2, 0) is 0 Å². The third kappa shape index (κ3) is 5.72. The van der Waals surface area contributed by atoms with Gasteiger partial charge in [-0.1, -0.05) is 29.8 Å². The summed E-state index contributed by atoms with van der Waals surface area (Å²) in [6.45, 7) is 0.658. The van der Waals surface area contributed by atoms with Gasteiger partial charge in [0.15, 0.2) is 0 Å². The number of nitrogens with one attached hydrogen (secondary N) is 1. The molecule has 0 spiro atoms. The van der Waals surface area contributed by atoms with E-state index < -0.39 is 0 Å². The second-order valence-electron chi connectivity index (χ2n) is 7.73. The van der Waals surface area contributed by atoms with Gasteiger partial charge in [-0.05, 0) is 62.4 Å². The van der Waals surface area contributed by atoms with Crippen LogP contribution in [0.4, 0.5) is 0 Å². The molecule has 0 aliphatic heterocycles. The smallest absolute Gasteiger partial charge is 0.251 e. The maximum atomic E-state index is 12.6. The zero-order valence-electron chi connectivity index (χ0n) is 18.2. The Morgan fingerprint density at radius 3 is 2.66 bits per heavy atom. The topological polar surface area (TPSA) is 73.3 Å². The Bertz CT molecular complexity index is 1090. The van der Waals surface area contributed by atoms with Gasteiger partial charge in [0, 0.05) is 29.8 Å². The van der Waals surface area contributed by atoms with Crippen molar-refractivity contribution in [2.24, 2.45) is 0 Å². The van der Waals surface area contributed by atoms with Crippen molar-refractivity contribution >= 4 is 5.91 Å². The van der Waals surface area contributed by atoms with Crippen LogP contribution in [0.1, 0.15) is 42.5 Å². The average molecular weight is 430 g/mol. The lowest BCUT2D eigenvalue weighted by atomic mass is 9.97. The van der Waals surface area contributed by atoms with Gasteiger partial charge in [0.1, 0.15) is 11.5 Å². The van der Waals surface area contributed by atoms with Crippen LogP contribution in [0.2, 0.25) is 0 Å². The van der Waals surface area contributed by atoms with Crippen molar-refractivity contribution < 1.29 is 14.3 Å². The summed E-state index contributed by atoms with van der Waals surface area (Å²) in [5.41, 5.74) is 3.56. The number of hydrogen-bond acceptors (Lipinski definition) is 5. The Kier molecular flexibility index (Phi) is 7.12. The molecule has 0 radical (unpaired) electrons. The van der Waals surface area contributed by atoms with Crippen molar-refractivity contribution in [2.45, 2.75) is 32.1 Å². The lowest BCUT2D eigenvalue weighted by Crippen LogP contribution is -2.24. The molecule has 2 aromatic carbocycles. The molecule has 0 atom stereocenters. The monoisotopic (exact) mass is 429 g/mol. The van der Waals surface area contributed by atoms with Crippen molar-refractivity contribution in [3.05, 3.63) is 77.9 Å². The standard InChI is InChI=1S/C26H27N3O3/c1-31-22-11-6-12-23(18-22)32-25-14-13-24(28-29-25)20-9-5-10-21(17-20)26(30)27-16-15-19-7-3-2-4-8-19/h5-7,9-14,17-18H,2-4,8,15-16H2,1H3,(H,27,30). The molecule has 1 aromatic heterocycles. The molecule has 0 fully saturated rings. The van der Waals surface area contributed by atoms with Gasteiger partial charge in [-0.3, -0.25) is 4.79 Å². The first kappa shape index (κ1) is 21.6. The number of carbonyl (C=O) groups excluding carboxylic acids is 1. The lowest BCUT2D eigenvalue weighted by Gasteiger charge is -2.13. The Morgan fingerprint density at radius 2 is 1.88 bits per heavy atom. The van der Waals surface area contributed by atoms with Crippen molar-refractivity contribution in [1.82, 2.24) is 15.5 Å². The highest BCUT2D eigenvalue weighted by Gasteiger charge is 2.10. The first-order valence-electron chi connectivity index (χ1n) is 10.9. The van der Waals surface area contributed by atoms with Gasteiger partial charge >= 0.3 is 0 Å². The molecule has 0 saturated carbocycles. The fourth-order valence-electron chi connectivity index (χ4n) is 3.70. The van der Waals surface area contributed by atoms with Gasteiger partial charge < -0.3 is 14.8 Å². The quantitative estimate of drug-likeness (QED) is 0.474. The minimum atomic E-state index is -0.0748. The Hall–Kier alpha value is -3.67. The van der Waals surface area contributed by atoms with Crippen LogP contribution in [-0.4, -0.2) is 29.8 Å². The number of hydrogen-bond donors (Lipinski definition) is 1. The average Bonchev–Trinajstić information content (AvgIpc) is 2.85. The zero-order valence-corrected chi connectivity index (χ0v) is 18.2. The normalized spacial score (nSPS) is 13.2. The van der Waals surface area contributed by atoms with Crippen molar-refractivity contribution in [1.29, 1.82) is 0 Å². The van der Waals surface area contributed by atoms with E-state index in [9.17, 15) is 4.79 Å². The number of benzene rings is 2. The van der Waals surface area contributed by atoms with Crippen LogP contribution in [0, 0.1) is 0 Å². The third-order valence-corrected chi connectivity index (χ3v) is 5.44. The van der Waals surface area contributed by atoms with Crippen molar-refractivity contribution in [2.75, 3.05) is 13.7 Å². The molecule has 6 heteroatoms. The summed E-state index contributed by atoms with van der Waals surface area (Å²) in [5.74, 6) is 1.63. The number of allylic oxidation sites excluding steroid dienone is 1. The summed E-state index contributed by atoms with van der Waals surface area (Å²) in [4.78, 5) is 12.6. The number of methoxy groups -OCH3 is 1. The van der Waals surface area contributed by atoms with Gasteiger partial charge in [-0.2, -0.15) is 0 Å². The molecular weight excluding hydrogens is 402 g/mol. The van der Waals surface area contributed by atoms with Gasteiger partial charge in [0.2, 0.25) is 5.88 Å². The molecule has 1 aliphatic carbocycles. The summed E-state index contributed by atoms with van der Waals surface area (Å²) >= 11 is 0. The second kappa shape index (κ2) is 10.6. The number of rotatable bonds is 8. The van der Waals surface area contributed by atoms with Gasteiger partial charge in [0.05, 0.1) is 12.8 Å². The first-order chi connectivity index (χ1) is 15.7. The third-order valence-electron chi connectivity index (χ3n) is 5.44. The van der Waals surface area contributed by atoms with Crippen LogP contribution < -0.4 is 14.8 Å². The highest BCUT2D eigenvalue weighted by atomic mass is 16.5. The van der Waals surface area contributed by atoms with Crippen molar-refractivity contribution in [3.8, 4) is 28.6 Å². The van der Waals surface area contributed by atoms with Crippen molar-refractivity contribution in [3.63, 3.8) is 0 Å². The summed E-state index contributed by atoms with van der Waals surface area (Å²) < 4.78 is 10.9. The molecule has 32 heavy (non-hydrogen) atoms. The molecule has 0 bridgehead atoms. The number of aromatic nitrogens is 2. The van der Waals surface area contributed by atoms with E-state index in [0.717, 1.165) is 24.8 Å². The largest absolute Gasteiger partial charge is 0.497 e. The molecule has 1 heterocycles. The molecule has 6 nitrogen and oxygen atoms in total. The Balaban J connectivity index is 1.37. The molecule has 3 aromatic rings. The second-order valence-corrected chi connectivity index (χ2v) is 7.73. The van der Waals surface area contributed by atoms with E-state index in [0.29, 0.717) is 35.2 Å². The molecule has 0 saturated heterocycles. The molecular formula is C26H27N3O3. The highest BCUT2D eigenvalue weighted by molar-refractivity contribution is 5.95. The van der Waals surface area contributed by atoms with E-state index in [1.807, 2.05) is 48.5 Å². The van der Waals surface area contributed by atoms with E-state index in [1.165, 1.54) is 18.4 Å². The summed E-state index contributed by atoms with van der Waals surface area (Å²) in [6.07, 6.45) is 8.09. The van der Waals surface area contributed by atoms with Gasteiger partial charge in [-0.15, -0.1) is 10.2 Å². The highest BCUT2D eigenvalue weighted by Crippen LogP contribution is 2.25. The maximum absolute atomic E-state index is 12.6. The van der Waals surface area contributed by atoms with Crippen LogP contribution in [0.3, 0.4) is 0 Å². The molecule has 1 N–H and O–H groups in total. The predicted molar refractivity (Wildman–Crippen MR) is 124 cm³/mol. The first-order valence-corrected chi connectivity index (χ1v) is 10.9. The number of ether oxygens (including phenoxy) is 2. The fourth-order valence-corrected chi connectivity index (χ4v) is 3.70. The van der Waals surface area contributed by atoms with E-state index in [-0.39, 0.29) is 5.91 Å². The fraction of sp³-hybridized carbons (Fsp3) is 0.269. The lowest BCUT2D eigenvalue weighted by molar-refractivity contribution is 0.0954. The molecule has 1 aliphatic rings. The summed E-state index contributed by atoms with van der Waals surface area (Å²) in [6, 6.07) is 18.3. The van der Waals surface area contributed by atoms with Crippen LogP contribution >= 0.6 is 0 Å². The Labute approximate surface area is 188 Å². The van der Waals surface area contributed by atoms with E-state index in [4.69, 9.17) is 9.47 Å². The SMILES string of the molecule is COc1cccc(Oc2ccc(-c3cccc(C(=O)NCCC4=CCCCC4)c3)nn2)c1. The van der Waals surface area contributed by atoms with E-state index in [1.54, 1.807) is 19.2 Å². The van der Waals surface area contributed by atoms with E-state index in [2.05, 4.69) is 21.6 Å². The van der Waals surface area contributed by atoms with Crippen LogP contribution in [0.25, 0.3) is 11.3 Å².